The first-order valence-corrected chi connectivity index (χ1v) is 12.5. The van der Waals surface area contributed by atoms with Crippen LogP contribution >= 0.6 is 22.9 Å². The molecule has 184 valence electrons. The molecule has 2 aliphatic rings. The van der Waals surface area contributed by atoms with Crippen LogP contribution in [0.15, 0.2) is 53.3 Å². The fourth-order valence-corrected chi connectivity index (χ4v) is 5.22. The van der Waals surface area contributed by atoms with E-state index < -0.39 is 0 Å². The van der Waals surface area contributed by atoms with Crippen LogP contribution in [0.1, 0.15) is 5.69 Å². The Labute approximate surface area is 214 Å². The fraction of sp³-hybridized carbons (Fsp3) is 0.250. The summed E-state index contributed by atoms with van der Waals surface area (Å²) in [6, 6.07) is 14.0. The summed E-state index contributed by atoms with van der Waals surface area (Å²) in [7, 11) is 0. The number of fused-ring (bicyclic) bond motifs is 2. The molecular formula is C24H21ClN6O4S. The van der Waals surface area contributed by atoms with Crippen molar-refractivity contribution in [1.29, 1.82) is 0 Å². The predicted octanol–water partition coefficient (Wildman–Crippen LogP) is 3.55. The van der Waals surface area contributed by atoms with Crippen molar-refractivity contribution in [2.24, 2.45) is 0 Å². The van der Waals surface area contributed by atoms with Gasteiger partial charge in [0.2, 0.25) is 11.8 Å². The first-order chi connectivity index (χ1) is 17.5. The summed E-state index contributed by atoms with van der Waals surface area (Å²) < 4.78 is 12.0. The molecule has 2 amide bonds. The van der Waals surface area contributed by atoms with Gasteiger partial charge in [0.05, 0.1) is 5.69 Å². The zero-order valence-electron chi connectivity index (χ0n) is 19.0. The average molecular weight is 525 g/mol. The van der Waals surface area contributed by atoms with Crippen LogP contribution in [0, 0.1) is 0 Å². The van der Waals surface area contributed by atoms with Gasteiger partial charge in [-0.2, -0.15) is 9.61 Å². The van der Waals surface area contributed by atoms with E-state index >= 15 is 0 Å². The van der Waals surface area contributed by atoms with Crippen LogP contribution in [0.2, 0.25) is 5.02 Å². The van der Waals surface area contributed by atoms with E-state index in [1.54, 1.807) is 35.2 Å². The molecule has 0 bridgehead atoms. The molecule has 4 heterocycles. The first-order valence-electron chi connectivity index (χ1n) is 11.4. The van der Waals surface area contributed by atoms with Crippen LogP contribution < -0.4 is 20.3 Å². The minimum atomic E-state index is -0.215. The summed E-state index contributed by atoms with van der Waals surface area (Å²) in [6.45, 7) is 3.20. The third kappa shape index (κ3) is 4.60. The molecule has 0 atom stereocenters. The maximum absolute atomic E-state index is 12.7. The highest BCUT2D eigenvalue weighted by atomic mass is 35.5. The number of nitrogens with zero attached hydrogens (tertiary/aromatic N) is 5. The number of rotatable bonds is 4. The normalized spacial score (nSPS) is 15.4. The number of benzene rings is 2. The van der Waals surface area contributed by atoms with Gasteiger partial charge < -0.3 is 19.7 Å². The van der Waals surface area contributed by atoms with Crippen LogP contribution in [0.25, 0.3) is 15.5 Å². The molecule has 0 saturated carbocycles. The average Bonchev–Trinajstić information content (AvgIpc) is 3.52. The van der Waals surface area contributed by atoms with Crippen molar-refractivity contribution in [3.63, 3.8) is 0 Å². The van der Waals surface area contributed by atoms with Crippen molar-refractivity contribution >= 4 is 39.6 Å². The first kappa shape index (κ1) is 22.8. The van der Waals surface area contributed by atoms with Crippen LogP contribution in [0.4, 0.5) is 10.5 Å². The quantitative estimate of drug-likeness (QED) is 0.435. The molecule has 2 aliphatic heterocycles. The number of aromatic nitrogens is 3. The molecule has 10 nitrogen and oxygen atoms in total. The molecule has 36 heavy (non-hydrogen) atoms. The van der Waals surface area contributed by atoms with E-state index in [2.05, 4.69) is 20.3 Å². The molecule has 1 N–H and O–H groups in total. The number of hydrogen-bond donors (Lipinski definition) is 1. The Balaban J connectivity index is 1.08. The van der Waals surface area contributed by atoms with Gasteiger partial charge in [0.25, 0.3) is 5.56 Å². The van der Waals surface area contributed by atoms with E-state index in [0.717, 1.165) is 5.56 Å². The number of urea groups is 1. The van der Waals surface area contributed by atoms with E-state index in [4.69, 9.17) is 21.1 Å². The molecule has 6 rings (SSSR count). The van der Waals surface area contributed by atoms with E-state index in [1.807, 2.05) is 12.1 Å². The Kier molecular flexibility index (Phi) is 5.96. The van der Waals surface area contributed by atoms with Gasteiger partial charge in [0.15, 0.2) is 11.5 Å². The number of amides is 2. The molecule has 0 radical (unpaired) electrons. The van der Waals surface area contributed by atoms with Crippen LogP contribution in [-0.2, 0) is 6.54 Å². The lowest BCUT2D eigenvalue weighted by Gasteiger charge is -2.34. The van der Waals surface area contributed by atoms with Gasteiger partial charge in [-0.3, -0.25) is 9.69 Å². The molecular weight excluding hydrogens is 504 g/mol. The Morgan fingerprint density at radius 1 is 1.03 bits per heavy atom. The Morgan fingerprint density at radius 2 is 1.81 bits per heavy atom. The van der Waals surface area contributed by atoms with Crippen molar-refractivity contribution < 1.29 is 14.3 Å². The number of nitrogens with one attached hydrogen (secondary N) is 1. The second-order valence-electron chi connectivity index (χ2n) is 8.46. The molecule has 4 aromatic rings. The highest BCUT2D eigenvalue weighted by molar-refractivity contribution is 7.19. The molecule has 12 heteroatoms. The minimum absolute atomic E-state index is 0.161. The zero-order valence-corrected chi connectivity index (χ0v) is 20.6. The lowest BCUT2D eigenvalue weighted by Crippen LogP contribution is -2.49. The number of halogens is 1. The Morgan fingerprint density at radius 3 is 2.61 bits per heavy atom. The number of piperazine rings is 1. The van der Waals surface area contributed by atoms with Gasteiger partial charge in [-0.25, -0.2) is 9.78 Å². The molecule has 1 fully saturated rings. The smallest absolute Gasteiger partial charge is 0.321 e. The van der Waals surface area contributed by atoms with Crippen LogP contribution in [-0.4, -0.2) is 63.4 Å². The number of carbonyl (C=O) groups excluding carboxylic acids is 1. The maximum Gasteiger partial charge on any atom is 0.321 e. The SMILES string of the molecule is O=C(Nc1ccc2c(c1)OCO2)N1CCN(Cc2cc(=O)n3nc(-c4ccc(Cl)cc4)sc3n2)CC1. The molecule has 1 saturated heterocycles. The summed E-state index contributed by atoms with van der Waals surface area (Å²) in [5.41, 5.74) is 2.01. The van der Waals surface area contributed by atoms with Crippen molar-refractivity contribution in [1.82, 2.24) is 24.4 Å². The van der Waals surface area contributed by atoms with Gasteiger partial charge in [0, 0.05) is 61.1 Å². The van der Waals surface area contributed by atoms with E-state index in [9.17, 15) is 9.59 Å². The highest BCUT2D eigenvalue weighted by Crippen LogP contribution is 2.34. The van der Waals surface area contributed by atoms with Crippen molar-refractivity contribution in [3.05, 3.63) is 69.6 Å². The zero-order chi connectivity index (χ0) is 24.6. The van der Waals surface area contributed by atoms with E-state index in [1.165, 1.54) is 21.9 Å². The standard InChI is InChI=1S/C24H21ClN6O4S/c25-16-3-1-15(2-4-16)22-28-31-21(32)12-18(27-24(31)36-22)13-29-7-9-30(10-8-29)23(33)26-17-5-6-19-20(11-17)35-14-34-19/h1-6,11-12H,7-10,13-14H2,(H,26,33). The summed E-state index contributed by atoms with van der Waals surface area (Å²) in [5, 5.41) is 8.68. The van der Waals surface area contributed by atoms with Gasteiger partial charge >= 0.3 is 6.03 Å². The molecule has 0 aliphatic carbocycles. The number of hydrogen-bond acceptors (Lipinski definition) is 8. The van der Waals surface area contributed by atoms with Crippen LogP contribution in [0.5, 0.6) is 11.5 Å². The van der Waals surface area contributed by atoms with Crippen molar-refractivity contribution in [3.8, 4) is 22.1 Å². The van der Waals surface area contributed by atoms with Crippen LogP contribution in [0.3, 0.4) is 0 Å². The molecule has 0 spiro atoms. The Bertz CT molecular complexity index is 1500. The van der Waals surface area contributed by atoms with Gasteiger partial charge in [-0.05, 0) is 24.3 Å². The molecule has 2 aromatic carbocycles. The number of anilines is 1. The van der Waals surface area contributed by atoms with Gasteiger partial charge in [0.1, 0.15) is 5.01 Å². The van der Waals surface area contributed by atoms with Gasteiger partial charge in [-0.1, -0.05) is 35.1 Å². The van der Waals surface area contributed by atoms with E-state index in [0.29, 0.717) is 70.6 Å². The minimum Gasteiger partial charge on any atom is -0.454 e. The largest absolute Gasteiger partial charge is 0.454 e. The second-order valence-corrected chi connectivity index (χ2v) is 9.85. The third-order valence-electron chi connectivity index (χ3n) is 6.06. The summed E-state index contributed by atoms with van der Waals surface area (Å²) >= 11 is 7.33. The summed E-state index contributed by atoms with van der Waals surface area (Å²) in [5.74, 6) is 1.30. The fourth-order valence-electron chi connectivity index (χ4n) is 4.16. The monoisotopic (exact) mass is 524 g/mol. The second kappa shape index (κ2) is 9.41. The molecule has 2 aromatic heterocycles. The van der Waals surface area contributed by atoms with Gasteiger partial charge in [-0.15, -0.1) is 0 Å². The third-order valence-corrected chi connectivity index (χ3v) is 7.27. The summed E-state index contributed by atoms with van der Waals surface area (Å²) in [6.07, 6.45) is 0. The lowest BCUT2D eigenvalue weighted by atomic mass is 10.2. The van der Waals surface area contributed by atoms with Crippen molar-refractivity contribution in [2.75, 3.05) is 38.3 Å². The number of ether oxygens (including phenoxy) is 2. The Hall–Kier alpha value is -3.67. The number of carbonyl (C=O) groups is 1. The lowest BCUT2D eigenvalue weighted by molar-refractivity contribution is 0.142. The molecule has 0 unspecified atom stereocenters. The summed E-state index contributed by atoms with van der Waals surface area (Å²) in [4.78, 5) is 34.6. The predicted molar refractivity (Wildman–Crippen MR) is 136 cm³/mol. The topological polar surface area (TPSA) is 101 Å². The van der Waals surface area contributed by atoms with E-state index in [-0.39, 0.29) is 18.4 Å². The highest BCUT2D eigenvalue weighted by Gasteiger charge is 2.23. The maximum atomic E-state index is 12.7. The van der Waals surface area contributed by atoms with Crippen molar-refractivity contribution in [2.45, 2.75) is 6.54 Å².